The predicted octanol–water partition coefficient (Wildman–Crippen LogP) is 2.29. The van der Waals surface area contributed by atoms with E-state index in [0.717, 1.165) is 36.9 Å². The van der Waals surface area contributed by atoms with Crippen LogP contribution in [0.1, 0.15) is 25.8 Å². The van der Waals surface area contributed by atoms with Crippen LogP contribution in [0.4, 0.5) is 5.95 Å². The summed E-state index contributed by atoms with van der Waals surface area (Å²) < 4.78 is 5.67. The summed E-state index contributed by atoms with van der Waals surface area (Å²) in [5.74, 6) is 2.41. The zero-order valence-corrected chi connectivity index (χ0v) is 21.7. The first-order valence-corrected chi connectivity index (χ1v) is 11.2. The Morgan fingerprint density at radius 1 is 1.06 bits per heavy atom. The van der Waals surface area contributed by atoms with Gasteiger partial charge in [0.2, 0.25) is 11.9 Å². The van der Waals surface area contributed by atoms with Crippen LogP contribution in [0.15, 0.2) is 47.7 Å². The van der Waals surface area contributed by atoms with E-state index in [1.54, 1.807) is 18.5 Å². The van der Waals surface area contributed by atoms with Gasteiger partial charge in [-0.2, -0.15) is 0 Å². The molecule has 2 aromatic rings. The molecule has 3 rings (SSSR count). The van der Waals surface area contributed by atoms with E-state index in [0.29, 0.717) is 45.2 Å². The van der Waals surface area contributed by atoms with Crippen LogP contribution < -0.4 is 20.3 Å². The Hall–Kier alpha value is -2.63. The summed E-state index contributed by atoms with van der Waals surface area (Å²) in [6, 6.07) is 9.72. The fourth-order valence-electron chi connectivity index (χ4n) is 3.49. The monoisotopic (exact) mass is 567 g/mol. The summed E-state index contributed by atoms with van der Waals surface area (Å²) in [5.41, 5.74) is 1.03. The SMILES string of the molecule is CCNC(=NCc1ccccc1OCC)NCCC(=O)N1CCN(c2ncccn2)CC1.I. The largest absolute Gasteiger partial charge is 0.494 e. The molecule has 10 heteroatoms. The quantitative estimate of drug-likeness (QED) is 0.273. The van der Waals surface area contributed by atoms with Crippen LogP contribution in [0.25, 0.3) is 0 Å². The van der Waals surface area contributed by atoms with E-state index in [4.69, 9.17) is 4.74 Å². The molecule has 0 atom stereocenters. The maximum Gasteiger partial charge on any atom is 0.225 e. The van der Waals surface area contributed by atoms with E-state index in [9.17, 15) is 4.79 Å². The number of guanidine groups is 1. The number of hydrogen-bond donors (Lipinski definition) is 2. The molecule has 0 unspecified atom stereocenters. The number of aliphatic imine (C=N–C) groups is 1. The van der Waals surface area contributed by atoms with Gasteiger partial charge in [-0.3, -0.25) is 4.79 Å². The first-order valence-electron chi connectivity index (χ1n) is 11.2. The number of carbonyl (C=O) groups is 1. The number of piperazine rings is 1. The van der Waals surface area contributed by atoms with Gasteiger partial charge in [0.15, 0.2) is 5.96 Å². The number of para-hydroxylation sites is 1. The number of anilines is 1. The van der Waals surface area contributed by atoms with Gasteiger partial charge < -0.3 is 25.2 Å². The van der Waals surface area contributed by atoms with Crippen LogP contribution in [0.5, 0.6) is 5.75 Å². The highest BCUT2D eigenvalue weighted by molar-refractivity contribution is 14.0. The average Bonchev–Trinajstić information content (AvgIpc) is 2.84. The van der Waals surface area contributed by atoms with Gasteiger partial charge in [-0.25, -0.2) is 15.0 Å². The van der Waals surface area contributed by atoms with Crippen LogP contribution in [-0.2, 0) is 11.3 Å². The second kappa shape index (κ2) is 14.5. The Balaban J connectivity index is 0.00000385. The van der Waals surface area contributed by atoms with E-state index in [2.05, 4.69) is 30.5 Å². The second-order valence-electron chi connectivity index (χ2n) is 7.33. The lowest BCUT2D eigenvalue weighted by Gasteiger charge is -2.34. The third-order valence-corrected chi connectivity index (χ3v) is 5.12. The number of amides is 1. The van der Waals surface area contributed by atoms with Crippen LogP contribution in [0.2, 0.25) is 0 Å². The number of nitrogens with one attached hydrogen (secondary N) is 2. The summed E-state index contributed by atoms with van der Waals surface area (Å²) in [7, 11) is 0. The van der Waals surface area contributed by atoms with Gasteiger partial charge in [-0.15, -0.1) is 24.0 Å². The topological polar surface area (TPSA) is 95.0 Å². The van der Waals surface area contributed by atoms with Crippen molar-refractivity contribution in [1.29, 1.82) is 0 Å². The Labute approximate surface area is 213 Å². The molecule has 1 aliphatic rings. The molecule has 1 aromatic heterocycles. The molecule has 1 aromatic carbocycles. The number of rotatable bonds is 9. The minimum atomic E-state index is 0. The van der Waals surface area contributed by atoms with Crippen LogP contribution >= 0.6 is 24.0 Å². The molecular formula is C23H34IN7O2. The molecule has 2 N–H and O–H groups in total. The summed E-state index contributed by atoms with van der Waals surface area (Å²) in [4.78, 5) is 29.9. The zero-order valence-electron chi connectivity index (χ0n) is 19.4. The van der Waals surface area contributed by atoms with Gasteiger partial charge in [-0.05, 0) is 26.0 Å². The van der Waals surface area contributed by atoms with Crippen molar-refractivity contribution in [2.45, 2.75) is 26.8 Å². The normalized spacial score (nSPS) is 13.8. The lowest BCUT2D eigenvalue weighted by Crippen LogP contribution is -2.50. The van der Waals surface area contributed by atoms with Crippen LogP contribution in [-0.4, -0.2) is 72.6 Å². The molecule has 0 bridgehead atoms. The highest BCUT2D eigenvalue weighted by Gasteiger charge is 2.22. The zero-order chi connectivity index (χ0) is 22.6. The van der Waals surface area contributed by atoms with Gasteiger partial charge in [0.25, 0.3) is 0 Å². The smallest absolute Gasteiger partial charge is 0.225 e. The molecule has 0 spiro atoms. The van der Waals surface area contributed by atoms with Crippen LogP contribution in [0, 0.1) is 0 Å². The standard InChI is InChI=1S/C23H33N7O2.HI/c1-3-24-22(28-18-19-8-5-6-9-20(19)32-4-2)25-13-10-21(31)29-14-16-30(17-15-29)23-26-11-7-12-27-23;/h5-9,11-12H,3-4,10,13-18H2,1-2H3,(H2,24,25,28);1H. The first-order chi connectivity index (χ1) is 15.7. The fraction of sp³-hybridized carbons (Fsp3) is 0.478. The number of benzene rings is 1. The van der Waals surface area contributed by atoms with Crippen molar-refractivity contribution < 1.29 is 9.53 Å². The van der Waals surface area contributed by atoms with Gasteiger partial charge in [0, 0.05) is 63.6 Å². The number of ether oxygens (including phenoxy) is 1. The lowest BCUT2D eigenvalue weighted by molar-refractivity contribution is -0.131. The Morgan fingerprint density at radius 2 is 1.79 bits per heavy atom. The Kier molecular flexibility index (Phi) is 11.7. The highest BCUT2D eigenvalue weighted by Crippen LogP contribution is 2.18. The fourth-order valence-corrected chi connectivity index (χ4v) is 3.49. The van der Waals surface area contributed by atoms with Gasteiger partial charge in [0.1, 0.15) is 5.75 Å². The Morgan fingerprint density at radius 3 is 2.48 bits per heavy atom. The summed E-state index contributed by atoms with van der Waals surface area (Å²) in [6.45, 7) is 9.23. The molecule has 2 heterocycles. The van der Waals surface area contributed by atoms with E-state index in [1.165, 1.54) is 0 Å². The Bertz CT molecular complexity index is 874. The lowest BCUT2D eigenvalue weighted by atomic mass is 10.2. The van der Waals surface area contributed by atoms with Crippen molar-refractivity contribution in [2.75, 3.05) is 50.8 Å². The number of halogens is 1. The molecule has 9 nitrogen and oxygen atoms in total. The predicted molar refractivity (Wildman–Crippen MR) is 141 cm³/mol. The molecule has 0 aliphatic carbocycles. The van der Waals surface area contributed by atoms with E-state index in [-0.39, 0.29) is 29.9 Å². The molecule has 0 radical (unpaired) electrons. The molecular weight excluding hydrogens is 533 g/mol. The number of aromatic nitrogens is 2. The van der Waals surface area contributed by atoms with E-state index >= 15 is 0 Å². The van der Waals surface area contributed by atoms with Crippen molar-refractivity contribution in [3.8, 4) is 5.75 Å². The van der Waals surface area contributed by atoms with Gasteiger partial charge in [0.05, 0.1) is 13.2 Å². The maximum atomic E-state index is 12.6. The molecule has 180 valence electrons. The summed E-state index contributed by atoms with van der Waals surface area (Å²) in [6.07, 6.45) is 3.90. The summed E-state index contributed by atoms with van der Waals surface area (Å²) in [5, 5.41) is 6.50. The van der Waals surface area contributed by atoms with Crippen LogP contribution in [0.3, 0.4) is 0 Å². The second-order valence-corrected chi connectivity index (χ2v) is 7.33. The van der Waals surface area contributed by atoms with Crippen molar-refractivity contribution in [1.82, 2.24) is 25.5 Å². The molecule has 1 aliphatic heterocycles. The minimum absolute atomic E-state index is 0. The number of nitrogens with zero attached hydrogens (tertiary/aromatic N) is 5. The number of hydrogen-bond acceptors (Lipinski definition) is 6. The summed E-state index contributed by atoms with van der Waals surface area (Å²) >= 11 is 0. The molecule has 1 fully saturated rings. The minimum Gasteiger partial charge on any atom is -0.494 e. The highest BCUT2D eigenvalue weighted by atomic mass is 127. The van der Waals surface area contributed by atoms with Gasteiger partial charge >= 0.3 is 0 Å². The van der Waals surface area contributed by atoms with Gasteiger partial charge in [-0.1, -0.05) is 18.2 Å². The van der Waals surface area contributed by atoms with Crippen molar-refractivity contribution in [3.05, 3.63) is 48.3 Å². The molecule has 0 saturated carbocycles. The molecule has 33 heavy (non-hydrogen) atoms. The molecule has 1 saturated heterocycles. The first kappa shape index (κ1) is 26.6. The maximum absolute atomic E-state index is 12.6. The molecule has 1 amide bonds. The van der Waals surface area contributed by atoms with E-state index in [1.807, 2.05) is 43.0 Å². The van der Waals surface area contributed by atoms with Crippen molar-refractivity contribution >= 4 is 41.8 Å². The third-order valence-electron chi connectivity index (χ3n) is 5.12. The average molecular weight is 567 g/mol. The van der Waals surface area contributed by atoms with Crippen molar-refractivity contribution in [3.63, 3.8) is 0 Å². The number of carbonyl (C=O) groups excluding carboxylic acids is 1. The van der Waals surface area contributed by atoms with E-state index < -0.39 is 0 Å². The van der Waals surface area contributed by atoms with Crippen molar-refractivity contribution in [2.24, 2.45) is 4.99 Å². The third kappa shape index (κ3) is 8.34.